The molecule has 1 aromatic heterocycles. The van der Waals surface area contributed by atoms with E-state index >= 15 is 0 Å². The predicted octanol–water partition coefficient (Wildman–Crippen LogP) is 1.80. The van der Waals surface area contributed by atoms with Gasteiger partial charge in [-0.05, 0) is 25.0 Å². The van der Waals surface area contributed by atoms with E-state index in [0.717, 1.165) is 0 Å². The summed E-state index contributed by atoms with van der Waals surface area (Å²) in [6, 6.07) is 4.61. The first-order chi connectivity index (χ1) is 9.91. The summed E-state index contributed by atoms with van der Waals surface area (Å²) in [6.45, 7) is 0.955. The molecule has 1 aliphatic heterocycles. The SMILES string of the molecule is CS(=O)(=O)N1CCC(Nc2nc3cc(F)ccc3o2)CC1. The minimum Gasteiger partial charge on any atom is -0.424 e. The molecule has 114 valence electrons. The van der Waals surface area contributed by atoms with Gasteiger partial charge in [0, 0.05) is 25.2 Å². The van der Waals surface area contributed by atoms with Crippen LogP contribution in [0.15, 0.2) is 22.6 Å². The van der Waals surface area contributed by atoms with Gasteiger partial charge in [-0.1, -0.05) is 0 Å². The zero-order chi connectivity index (χ0) is 15.0. The largest absolute Gasteiger partial charge is 0.424 e. The summed E-state index contributed by atoms with van der Waals surface area (Å²) in [5, 5.41) is 3.14. The molecule has 0 aliphatic carbocycles. The van der Waals surface area contributed by atoms with Crippen LogP contribution in [-0.2, 0) is 10.0 Å². The molecule has 21 heavy (non-hydrogen) atoms. The van der Waals surface area contributed by atoms with Gasteiger partial charge in [0.25, 0.3) is 6.01 Å². The average Bonchev–Trinajstić information content (AvgIpc) is 2.79. The Morgan fingerprint density at radius 1 is 1.38 bits per heavy atom. The van der Waals surface area contributed by atoms with E-state index in [1.165, 1.54) is 28.8 Å². The number of anilines is 1. The van der Waals surface area contributed by atoms with Crippen LogP contribution in [0.2, 0.25) is 0 Å². The Labute approximate surface area is 122 Å². The van der Waals surface area contributed by atoms with Crippen LogP contribution in [0.25, 0.3) is 11.1 Å². The fourth-order valence-electron chi connectivity index (χ4n) is 2.47. The Hall–Kier alpha value is -1.67. The lowest BCUT2D eigenvalue weighted by Gasteiger charge is -2.30. The Morgan fingerprint density at radius 2 is 2.10 bits per heavy atom. The van der Waals surface area contributed by atoms with E-state index in [4.69, 9.17) is 4.42 Å². The molecule has 0 spiro atoms. The zero-order valence-corrected chi connectivity index (χ0v) is 12.4. The highest BCUT2D eigenvalue weighted by Crippen LogP contribution is 2.22. The number of sulfonamides is 1. The maximum atomic E-state index is 13.1. The first-order valence-electron chi connectivity index (χ1n) is 6.69. The summed E-state index contributed by atoms with van der Waals surface area (Å²) in [6.07, 6.45) is 2.58. The third-order valence-electron chi connectivity index (χ3n) is 3.60. The van der Waals surface area contributed by atoms with Gasteiger partial charge in [-0.2, -0.15) is 4.98 Å². The normalized spacial score (nSPS) is 18.2. The van der Waals surface area contributed by atoms with Crippen LogP contribution in [0.5, 0.6) is 0 Å². The zero-order valence-electron chi connectivity index (χ0n) is 11.5. The second-order valence-corrected chi connectivity index (χ2v) is 7.19. The van der Waals surface area contributed by atoms with Gasteiger partial charge in [0.2, 0.25) is 10.0 Å². The van der Waals surface area contributed by atoms with E-state index in [0.29, 0.717) is 43.0 Å². The standard InChI is InChI=1S/C13H16FN3O3S/c1-21(18,19)17-6-4-10(5-7-17)15-13-16-11-8-9(14)2-3-12(11)20-13/h2-3,8,10H,4-7H2,1H3,(H,15,16). The molecule has 1 aliphatic rings. The van der Waals surface area contributed by atoms with Crippen LogP contribution in [0.1, 0.15) is 12.8 Å². The fraction of sp³-hybridized carbons (Fsp3) is 0.462. The molecule has 0 saturated carbocycles. The number of hydrogen-bond donors (Lipinski definition) is 1. The van der Waals surface area contributed by atoms with Crippen molar-refractivity contribution in [2.24, 2.45) is 0 Å². The Morgan fingerprint density at radius 3 is 2.76 bits per heavy atom. The predicted molar refractivity (Wildman–Crippen MR) is 77.0 cm³/mol. The Balaban J connectivity index is 1.67. The van der Waals surface area contributed by atoms with Crippen molar-refractivity contribution in [3.63, 3.8) is 0 Å². The molecule has 3 rings (SSSR count). The van der Waals surface area contributed by atoms with Crippen molar-refractivity contribution in [3.05, 3.63) is 24.0 Å². The van der Waals surface area contributed by atoms with Gasteiger partial charge in [0.1, 0.15) is 11.3 Å². The highest BCUT2D eigenvalue weighted by atomic mass is 32.2. The van der Waals surface area contributed by atoms with Crippen molar-refractivity contribution in [1.29, 1.82) is 0 Å². The average molecular weight is 313 g/mol. The summed E-state index contributed by atoms with van der Waals surface area (Å²) in [4.78, 5) is 4.19. The lowest BCUT2D eigenvalue weighted by molar-refractivity contribution is 0.329. The molecule has 1 aromatic carbocycles. The summed E-state index contributed by atoms with van der Waals surface area (Å²) in [5.41, 5.74) is 0.985. The molecule has 0 bridgehead atoms. The number of fused-ring (bicyclic) bond motifs is 1. The number of nitrogens with zero attached hydrogens (tertiary/aromatic N) is 2. The van der Waals surface area contributed by atoms with Crippen molar-refractivity contribution < 1.29 is 17.2 Å². The number of piperidine rings is 1. The molecule has 0 atom stereocenters. The van der Waals surface area contributed by atoms with Gasteiger partial charge in [-0.25, -0.2) is 17.1 Å². The molecular formula is C13H16FN3O3S. The minimum atomic E-state index is -3.12. The second-order valence-electron chi connectivity index (χ2n) is 5.21. The maximum absolute atomic E-state index is 13.1. The van der Waals surface area contributed by atoms with Crippen LogP contribution >= 0.6 is 0 Å². The van der Waals surface area contributed by atoms with E-state index in [1.807, 2.05) is 0 Å². The highest BCUT2D eigenvalue weighted by molar-refractivity contribution is 7.88. The molecular weight excluding hydrogens is 297 g/mol. The van der Waals surface area contributed by atoms with Crippen LogP contribution in [0.4, 0.5) is 10.4 Å². The molecule has 2 heterocycles. The van der Waals surface area contributed by atoms with Crippen LogP contribution in [0, 0.1) is 5.82 Å². The van der Waals surface area contributed by atoms with Crippen molar-refractivity contribution in [2.75, 3.05) is 24.7 Å². The van der Waals surface area contributed by atoms with Crippen LogP contribution in [0.3, 0.4) is 0 Å². The third kappa shape index (κ3) is 3.16. The molecule has 6 nitrogen and oxygen atoms in total. The highest BCUT2D eigenvalue weighted by Gasteiger charge is 2.25. The molecule has 1 fully saturated rings. The minimum absolute atomic E-state index is 0.0981. The fourth-order valence-corrected chi connectivity index (χ4v) is 3.34. The van der Waals surface area contributed by atoms with E-state index < -0.39 is 10.0 Å². The van der Waals surface area contributed by atoms with Crippen molar-refractivity contribution in [1.82, 2.24) is 9.29 Å². The van der Waals surface area contributed by atoms with E-state index in [9.17, 15) is 12.8 Å². The van der Waals surface area contributed by atoms with Crippen LogP contribution in [-0.4, -0.2) is 43.1 Å². The topological polar surface area (TPSA) is 75.4 Å². The number of rotatable bonds is 3. The van der Waals surface area contributed by atoms with Gasteiger partial charge in [0.15, 0.2) is 5.58 Å². The molecule has 1 N–H and O–H groups in total. The summed E-state index contributed by atoms with van der Waals surface area (Å²) in [7, 11) is -3.12. The molecule has 2 aromatic rings. The quantitative estimate of drug-likeness (QED) is 0.935. The van der Waals surface area contributed by atoms with Crippen molar-refractivity contribution in [2.45, 2.75) is 18.9 Å². The van der Waals surface area contributed by atoms with Crippen molar-refractivity contribution >= 4 is 27.1 Å². The summed E-state index contributed by atoms with van der Waals surface area (Å²) >= 11 is 0. The number of halogens is 1. The second kappa shape index (κ2) is 5.27. The Bertz CT molecular complexity index is 751. The van der Waals surface area contributed by atoms with Gasteiger partial charge in [0.05, 0.1) is 6.26 Å². The summed E-state index contributed by atoms with van der Waals surface area (Å²) < 4.78 is 42.9. The van der Waals surface area contributed by atoms with E-state index in [-0.39, 0.29) is 11.9 Å². The molecule has 8 heteroatoms. The number of nitrogens with one attached hydrogen (secondary N) is 1. The lowest BCUT2D eigenvalue weighted by Crippen LogP contribution is -2.41. The number of benzene rings is 1. The van der Waals surface area contributed by atoms with Gasteiger partial charge in [-0.3, -0.25) is 0 Å². The summed E-state index contributed by atoms with van der Waals surface area (Å²) in [5.74, 6) is -0.358. The van der Waals surface area contributed by atoms with E-state index in [1.54, 1.807) is 0 Å². The molecule has 0 unspecified atom stereocenters. The van der Waals surface area contributed by atoms with Gasteiger partial charge >= 0.3 is 0 Å². The number of oxazole rings is 1. The van der Waals surface area contributed by atoms with Gasteiger partial charge in [-0.15, -0.1) is 0 Å². The number of aromatic nitrogens is 1. The molecule has 1 saturated heterocycles. The number of hydrogen-bond acceptors (Lipinski definition) is 5. The van der Waals surface area contributed by atoms with E-state index in [2.05, 4.69) is 10.3 Å². The van der Waals surface area contributed by atoms with Gasteiger partial charge < -0.3 is 9.73 Å². The molecule has 0 radical (unpaired) electrons. The van der Waals surface area contributed by atoms with Crippen LogP contribution < -0.4 is 5.32 Å². The monoisotopic (exact) mass is 313 g/mol. The Kier molecular flexibility index (Phi) is 3.58. The maximum Gasteiger partial charge on any atom is 0.295 e. The first kappa shape index (κ1) is 14.3. The van der Waals surface area contributed by atoms with Crippen molar-refractivity contribution in [3.8, 4) is 0 Å². The first-order valence-corrected chi connectivity index (χ1v) is 8.54. The smallest absolute Gasteiger partial charge is 0.295 e. The lowest BCUT2D eigenvalue weighted by atomic mass is 10.1. The molecule has 0 amide bonds. The third-order valence-corrected chi connectivity index (χ3v) is 4.90.